The highest BCUT2D eigenvalue weighted by molar-refractivity contribution is 5.95. The molecule has 3 rings (SSSR count). The number of amides is 2. The smallest absolute Gasteiger partial charge is 0.254 e. The van der Waals surface area contributed by atoms with E-state index in [4.69, 9.17) is 9.47 Å². The van der Waals surface area contributed by atoms with Gasteiger partial charge in [0.1, 0.15) is 17.3 Å². The Morgan fingerprint density at radius 2 is 1.62 bits per heavy atom. The van der Waals surface area contributed by atoms with Crippen LogP contribution >= 0.6 is 0 Å². The van der Waals surface area contributed by atoms with Gasteiger partial charge in [0, 0.05) is 30.8 Å². The SMILES string of the molecule is COc1cc(OC)cc(C(=O)N2CCC(NC(=O)Cc3ccc(F)cc3)CC2)c1. The molecular formula is C22H25FN2O4. The molecule has 1 fully saturated rings. The summed E-state index contributed by atoms with van der Waals surface area (Å²) in [5.74, 6) is 0.628. The van der Waals surface area contributed by atoms with Gasteiger partial charge in [0.2, 0.25) is 5.91 Å². The number of hydrogen-bond acceptors (Lipinski definition) is 4. The first kappa shape index (κ1) is 20.6. The second-order valence-electron chi connectivity index (χ2n) is 7.04. The van der Waals surface area contributed by atoms with Crippen molar-refractivity contribution in [2.75, 3.05) is 27.3 Å². The number of ether oxygens (including phenoxy) is 2. The second kappa shape index (κ2) is 9.41. The lowest BCUT2D eigenvalue weighted by atomic mass is 10.0. The molecule has 0 atom stereocenters. The van der Waals surface area contributed by atoms with E-state index in [0.717, 1.165) is 5.56 Å². The van der Waals surface area contributed by atoms with E-state index in [1.165, 1.54) is 12.1 Å². The predicted molar refractivity (Wildman–Crippen MR) is 107 cm³/mol. The number of nitrogens with one attached hydrogen (secondary N) is 1. The number of carbonyl (C=O) groups is 2. The van der Waals surface area contributed by atoms with Gasteiger partial charge in [0.25, 0.3) is 5.91 Å². The van der Waals surface area contributed by atoms with Crippen molar-refractivity contribution in [2.45, 2.75) is 25.3 Å². The van der Waals surface area contributed by atoms with E-state index in [0.29, 0.717) is 43.0 Å². The van der Waals surface area contributed by atoms with E-state index in [9.17, 15) is 14.0 Å². The van der Waals surface area contributed by atoms with Crippen LogP contribution in [0.3, 0.4) is 0 Å². The number of likely N-dealkylation sites (tertiary alicyclic amines) is 1. The fourth-order valence-electron chi connectivity index (χ4n) is 3.41. The summed E-state index contributed by atoms with van der Waals surface area (Å²) in [6.45, 7) is 1.11. The largest absolute Gasteiger partial charge is 0.497 e. The zero-order valence-corrected chi connectivity index (χ0v) is 16.6. The number of nitrogens with zero attached hydrogens (tertiary/aromatic N) is 1. The molecule has 1 saturated heterocycles. The molecule has 0 saturated carbocycles. The van der Waals surface area contributed by atoms with Crippen LogP contribution in [-0.4, -0.2) is 50.1 Å². The van der Waals surface area contributed by atoms with Crippen LogP contribution in [0.5, 0.6) is 11.5 Å². The summed E-state index contributed by atoms with van der Waals surface area (Å²) >= 11 is 0. The first-order valence-corrected chi connectivity index (χ1v) is 9.54. The van der Waals surface area contributed by atoms with Crippen LogP contribution in [0.1, 0.15) is 28.8 Å². The molecule has 1 aliphatic heterocycles. The molecular weight excluding hydrogens is 375 g/mol. The van der Waals surface area contributed by atoms with Gasteiger partial charge in [-0.05, 0) is 42.7 Å². The zero-order chi connectivity index (χ0) is 20.8. The first-order valence-electron chi connectivity index (χ1n) is 9.54. The lowest BCUT2D eigenvalue weighted by molar-refractivity contribution is -0.121. The molecule has 2 aromatic carbocycles. The minimum Gasteiger partial charge on any atom is -0.497 e. The van der Waals surface area contributed by atoms with Crippen LogP contribution in [0, 0.1) is 5.82 Å². The molecule has 0 aliphatic carbocycles. The zero-order valence-electron chi connectivity index (χ0n) is 16.6. The van der Waals surface area contributed by atoms with Gasteiger partial charge in [-0.15, -0.1) is 0 Å². The molecule has 7 heteroatoms. The number of piperidine rings is 1. The van der Waals surface area contributed by atoms with E-state index in [1.54, 1.807) is 49.5 Å². The highest BCUT2D eigenvalue weighted by Crippen LogP contribution is 2.24. The van der Waals surface area contributed by atoms with Crippen molar-refractivity contribution in [3.8, 4) is 11.5 Å². The minimum atomic E-state index is -0.320. The summed E-state index contributed by atoms with van der Waals surface area (Å²) in [5, 5.41) is 3.01. The molecule has 1 aliphatic rings. The van der Waals surface area contributed by atoms with Crippen molar-refractivity contribution in [3.05, 3.63) is 59.4 Å². The molecule has 1 N–H and O–H groups in total. The Morgan fingerprint density at radius 1 is 1.03 bits per heavy atom. The van der Waals surface area contributed by atoms with Crippen LogP contribution < -0.4 is 14.8 Å². The monoisotopic (exact) mass is 400 g/mol. The van der Waals surface area contributed by atoms with Crippen molar-refractivity contribution >= 4 is 11.8 Å². The molecule has 0 spiro atoms. The third-order valence-electron chi connectivity index (χ3n) is 5.02. The maximum atomic E-state index is 13.0. The Hall–Kier alpha value is -3.09. The fraction of sp³-hybridized carbons (Fsp3) is 0.364. The molecule has 0 bridgehead atoms. The van der Waals surface area contributed by atoms with Crippen LogP contribution in [0.15, 0.2) is 42.5 Å². The van der Waals surface area contributed by atoms with Gasteiger partial charge in [-0.2, -0.15) is 0 Å². The van der Waals surface area contributed by atoms with E-state index in [-0.39, 0.29) is 30.1 Å². The number of benzene rings is 2. The third kappa shape index (κ3) is 5.47. The van der Waals surface area contributed by atoms with Crippen LogP contribution in [-0.2, 0) is 11.2 Å². The maximum absolute atomic E-state index is 13.0. The molecule has 2 aromatic rings. The Labute approximate surface area is 169 Å². The lowest BCUT2D eigenvalue weighted by Gasteiger charge is -2.32. The Bertz CT molecular complexity index is 839. The molecule has 0 unspecified atom stereocenters. The van der Waals surface area contributed by atoms with Crippen LogP contribution in [0.4, 0.5) is 4.39 Å². The topological polar surface area (TPSA) is 67.9 Å². The highest BCUT2D eigenvalue weighted by Gasteiger charge is 2.25. The van der Waals surface area contributed by atoms with Crippen molar-refractivity contribution < 1.29 is 23.5 Å². The molecule has 6 nitrogen and oxygen atoms in total. The van der Waals surface area contributed by atoms with Gasteiger partial charge in [-0.1, -0.05) is 12.1 Å². The van der Waals surface area contributed by atoms with E-state index in [2.05, 4.69) is 5.32 Å². The molecule has 154 valence electrons. The predicted octanol–water partition coefficient (Wildman–Crippen LogP) is 2.81. The number of halogens is 1. The van der Waals surface area contributed by atoms with E-state index >= 15 is 0 Å². The fourth-order valence-corrected chi connectivity index (χ4v) is 3.41. The van der Waals surface area contributed by atoms with Gasteiger partial charge in [-0.25, -0.2) is 4.39 Å². The van der Waals surface area contributed by atoms with Crippen molar-refractivity contribution in [1.29, 1.82) is 0 Å². The number of carbonyl (C=O) groups excluding carboxylic acids is 2. The van der Waals surface area contributed by atoms with E-state index < -0.39 is 0 Å². The van der Waals surface area contributed by atoms with Crippen molar-refractivity contribution in [1.82, 2.24) is 10.2 Å². The highest BCUT2D eigenvalue weighted by atomic mass is 19.1. The summed E-state index contributed by atoms with van der Waals surface area (Å²) < 4.78 is 23.4. The first-order chi connectivity index (χ1) is 14.0. The summed E-state index contributed by atoms with van der Waals surface area (Å²) in [6.07, 6.45) is 1.58. The Kier molecular flexibility index (Phi) is 6.69. The van der Waals surface area contributed by atoms with Gasteiger partial charge >= 0.3 is 0 Å². The van der Waals surface area contributed by atoms with Crippen molar-refractivity contribution in [2.24, 2.45) is 0 Å². The maximum Gasteiger partial charge on any atom is 0.254 e. The quantitative estimate of drug-likeness (QED) is 0.810. The standard InChI is InChI=1S/C22H25FN2O4/c1-28-19-12-16(13-20(14-19)29-2)22(27)25-9-7-18(8-10-25)24-21(26)11-15-3-5-17(23)6-4-15/h3-6,12-14,18H,7-11H2,1-2H3,(H,24,26). The number of methoxy groups -OCH3 is 2. The van der Waals surface area contributed by atoms with Gasteiger partial charge in [-0.3, -0.25) is 9.59 Å². The third-order valence-corrected chi connectivity index (χ3v) is 5.02. The van der Waals surface area contributed by atoms with Gasteiger partial charge in [0.15, 0.2) is 0 Å². The number of rotatable bonds is 6. The van der Waals surface area contributed by atoms with Crippen LogP contribution in [0.25, 0.3) is 0 Å². The average molecular weight is 400 g/mol. The summed E-state index contributed by atoms with van der Waals surface area (Å²) in [4.78, 5) is 26.8. The molecule has 1 heterocycles. The lowest BCUT2D eigenvalue weighted by Crippen LogP contribution is -2.46. The molecule has 0 radical (unpaired) electrons. The van der Waals surface area contributed by atoms with E-state index in [1.807, 2.05) is 0 Å². The summed E-state index contributed by atoms with van der Waals surface area (Å²) in [6, 6.07) is 11.0. The normalized spacial score (nSPS) is 14.4. The Balaban J connectivity index is 1.52. The van der Waals surface area contributed by atoms with Crippen LogP contribution in [0.2, 0.25) is 0 Å². The minimum absolute atomic E-state index is 0.0202. The van der Waals surface area contributed by atoms with Gasteiger partial charge in [0.05, 0.1) is 20.6 Å². The van der Waals surface area contributed by atoms with Crippen molar-refractivity contribution in [3.63, 3.8) is 0 Å². The molecule has 0 aromatic heterocycles. The summed E-state index contributed by atoms with van der Waals surface area (Å²) in [5.41, 5.74) is 1.28. The number of hydrogen-bond donors (Lipinski definition) is 1. The molecule has 2 amide bonds. The average Bonchev–Trinajstić information content (AvgIpc) is 2.75. The summed E-state index contributed by atoms with van der Waals surface area (Å²) in [7, 11) is 3.09. The van der Waals surface area contributed by atoms with Gasteiger partial charge < -0.3 is 19.7 Å². The molecule has 29 heavy (non-hydrogen) atoms. The Morgan fingerprint density at radius 3 is 2.17 bits per heavy atom. The second-order valence-corrected chi connectivity index (χ2v) is 7.04.